The molecule has 1 N–H and O–H groups in total. The van der Waals surface area contributed by atoms with Gasteiger partial charge in [-0.05, 0) is 63.7 Å². The van der Waals surface area contributed by atoms with Crippen molar-refractivity contribution in [3.8, 4) is 0 Å². The minimum absolute atomic E-state index is 0.162. The van der Waals surface area contributed by atoms with Gasteiger partial charge in [0.05, 0.1) is 0 Å². The third kappa shape index (κ3) is 5.66. The van der Waals surface area contributed by atoms with E-state index in [4.69, 9.17) is 4.74 Å². The summed E-state index contributed by atoms with van der Waals surface area (Å²) in [5, 5.41) is 3.80. The van der Waals surface area contributed by atoms with Crippen molar-refractivity contribution in [3.05, 3.63) is 0 Å². The summed E-state index contributed by atoms with van der Waals surface area (Å²) in [7, 11) is 0. The van der Waals surface area contributed by atoms with E-state index in [1.54, 1.807) is 0 Å². The van der Waals surface area contributed by atoms with Gasteiger partial charge in [-0.2, -0.15) is 0 Å². The van der Waals surface area contributed by atoms with Crippen LogP contribution in [0.2, 0.25) is 0 Å². The Hall–Kier alpha value is -0.770. The number of ether oxygens (including phenoxy) is 1. The van der Waals surface area contributed by atoms with Crippen LogP contribution in [0.25, 0.3) is 0 Å². The van der Waals surface area contributed by atoms with Crippen LogP contribution in [-0.2, 0) is 4.74 Å². The summed E-state index contributed by atoms with van der Waals surface area (Å²) in [5.41, 5.74) is 0.387. The van der Waals surface area contributed by atoms with E-state index in [1.165, 1.54) is 19.3 Å². The van der Waals surface area contributed by atoms with Gasteiger partial charge >= 0.3 is 6.09 Å². The van der Waals surface area contributed by atoms with Crippen LogP contribution in [0.3, 0.4) is 0 Å². The van der Waals surface area contributed by atoms with Crippen LogP contribution in [0, 0.1) is 10.8 Å². The fourth-order valence-corrected chi connectivity index (χ4v) is 3.73. The number of likely N-dealkylation sites (tertiary alicyclic amines) is 1. The molecule has 2 fully saturated rings. The second kappa shape index (κ2) is 6.62. The number of hydrogen-bond acceptors (Lipinski definition) is 3. The van der Waals surface area contributed by atoms with Crippen molar-refractivity contribution in [1.29, 1.82) is 0 Å². The van der Waals surface area contributed by atoms with Crippen molar-refractivity contribution in [2.45, 2.75) is 85.3 Å². The minimum Gasteiger partial charge on any atom is -0.444 e. The predicted octanol–water partition coefficient (Wildman–Crippen LogP) is 4.19. The number of hydrogen-bond donors (Lipinski definition) is 1. The first-order chi connectivity index (χ1) is 10.5. The Morgan fingerprint density at radius 3 is 2.26 bits per heavy atom. The number of rotatable bonds is 3. The van der Waals surface area contributed by atoms with Crippen molar-refractivity contribution in [2.75, 3.05) is 19.6 Å². The Morgan fingerprint density at radius 2 is 1.78 bits per heavy atom. The summed E-state index contributed by atoms with van der Waals surface area (Å²) >= 11 is 0. The Balaban J connectivity index is 1.75. The Morgan fingerprint density at radius 1 is 1.17 bits per heavy atom. The molecule has 0 radical (unpaired) electrons. The van der Waals surface area contributed by atoms with Crippen LogP contribution < -0.4 is 5.32 Å². The third-order valence-electron chi connectivity index (χ3n) is 5.41. The smallest absolute Gasteiger partial charge is 0.410 e. The maximum atomic E-state index is 12.2. The zero-order valence-corrected chi connectivity index (χ0v) is 16.0. The first kappa shape index (κ1) is 18.6. The predicted molar refractivity (Wildman–Crippen MR) is 94.6 cm³/mol. The second-order valence-electron chi connectivity index (χ2n) is 9.76. The molecule has 2 rings (SSSR count). The molecule has 1 saturated carbocycles. The molecular weight excluding hydrogens is 288 g/mol. The molecule has 1 aliphatic heterocycles. The lowest BCUT2D eigenvalue weighted by Gasteiger charge is -2.40. The number of carbonyl (C=O) groups excluding carboxylic acids is 1. The number of piperidine rings is 1. The van der Waals surface area contributed by atoms with Crippen LogP contribution in [0.1, 0.15) is 73.6 Å². The fraction of sp³-hybridized carbons (Fsp3) is 0.947. The summed E-state index contributed by atoms with van der Waals surface area (Å²) in [6, 6.07) is 0.672. The van der Waals surface area contributed by atoms with E-state index in [0.717, 1.165) is 32.5 Å². The normalized spacial score (nSPS) is 27.0. The number of nitrogens with zero attached hydrogens (tertiary/aromatic N) is 1. The van der Waals surface area contributed by atoms with E-state index in [0.29, 0.717) is 16.9 Å². The van der Waals surface area contributed by atoms with Gasteiger partial charge in [-0.25, -0.2) is 4.79 Å². The summed E-state index contributed by atoms with van der Waals surface area (Å²) in [5.74, 6) is 0. The van der Waals surface area contributed by atoms with Crippen LogP contribution in [0.4, 0.5) is 4.79 Å². The molecule has 1 unspecified atom stereocenters. The SMILES string of the molecule is CC1(C)CCC(NCC2(C)CCN(C(=O)OC(C)(C)C)CC2)C1. The van der Waals surface area contributed by atoms with E-state index in [2.05, 4.69) is 26.1 Å². The summed E-state index contributed by atoms with van der Waals surface area (Å²) in [6.45, 7) is 15.5. The van der Waals surface area contributed by atoms with Crippen LogP contribution in [0.15, 0.2) is 0 Å². The number of amides is 1. The lowest BCUT2D eigenvalue weighted by Crippen LogP contribution is -2.48. The standard InChI is InChI=1S/C19H36N2O2/c1-17(2,3)23-16(22)21-11-9-19(6,10-12-21)14-20-15-7-8-18(4,5)13-15/h15,20H,7-14H2,1-6H3. The van der Waals surface area contributed by atoms with Crippen LogP contribution >= 0.6 is 0 Å². The van der Waals surface area contributed by atoms with Crippen molar-refractivity contribution < 1.29 is 9.53 Å². The average molecular weight is 325 g/mol. The first-order valence-corrected chi connectivity index (χ1v) is 9.19. The van der Waals surface area contributed by atoms with Gasteiger partial charge in [0.2, 0.25) is 0 Å². The fourth-order valence-electron chi connectivity index (χ4n) is 3.73. The van der Waals surface area contributed by atoms with E-state index < -0.39 is 5.60 Å². The molecule has 1 heterocycles. The van der Waals surface area contributed by atoms with Gasteiger partial charge in [-0.3, -0.25) is 0 Å². The van der Waals surface area contributed by atoms with Gasteiger partial charge in [0.1, 0.15) is 5.60 Å². The van der Waals surface area contributed by atoms with Crippen LogP contribution in [0.5, 0.6) is 0 Å². The Bertz CT molecular complexity index is 418. The van der Waals surface area contributed by atoms with E-state index in [-0.39, 0.29) is 6.09 Å². The zero-order valence-electron chi connectivity index (χ0n) is 16.0. The first-order valence-electron chi connectivity index (χ1n) is 9.19. The van der Waals surface area contributed by atoms with E-state index in [1.807, 2.05) is 25.7 Å². The molecule has 134 valence electrons. The molecule has 0 aromatic rings. The van der Waals surface area contributed by atoms with Gasteiger partial charge in [0, 0.05) is 25.7 Å². The van der Waals surface area contributed by atoms with Crippen molar-refractivity contribution in [2.24, 2.45) is 10.8 Å². The minimum atomic E-state index is -0.408. The molecule has 0 spiro atoms. The van der Waals surface area contributed by atoms with Gasteiger partial charge in [-0.1, -0.05) is 20.8 Å². The molecule has 2 aliphatic rings. The lowest BCUT2D eigenvalue weighted by molar-refractivity contribution is 0.0117. The van der Waals surface area contributed by atoms with Gasteiger partial charge in [-0.15, -0.1) is 0 Å². The molecule has 0 aromatic carbocycles. The van der Waals surface area contributed by atoms with Crippen molar-refractivity contribution in [1.82, 2.24) is 10.2 Å². The highest BCUT2D eigenvalue weighted by atomic mass is 16.6. The van der Waals surface area contributed by atoms with E-state index >= 15 is 0 Å². The molecular formula is C19H36N2O2. The third-order valence-corrected chi connectivity index (χ3v) is 5.41. The molecule has 1 amide bonds. The highest BCUT2D eigenvalue weighted by molar-refractivity contribution is 5.68. The molecule has 23 heavy (non-hydrogen) atoms. The largest absolute Gasteiger partial charge is 0.444 e. The molecule has 0 bridgehead atoms. The van der Waals surface area contributed by atoms with Crippen LogP contribution in [-0.4, -0.2) is 42.3 Å². The molecule has 4 nitrogen and oxygen atoms in total. The number of carbonyl (C=O) groups is 1. The van der Waals surface area contributed by atoms with Crippen molar-refractivity contribution >= 4 is 6.09 Å². The highest BCUT2D eigenvalue weighted by Crippen LogP contribution is 2.38. The average Bonchev–Trinajstić information content (AvgIpc) is 2.75. The highest BCUT2D eigenvalue weighted by Gasteiger charge is 2.36. The topological polar surface area (TPSA) is 41.6 Å². The maximum absolute atomic E-state index is 12.2. The van der Waals surface area contributed by atoms with Crippen molar-refractivity contribution in [3.63, 3.8) is 0 Å². The monoisotopic (exact) mass is 324 g/mol. The molecule has 1 saturated heterocycles. The lowest BCUT2D eigenvalue weighted by atomic mass is 9.80. The Kier molecular flexibility index (Phi) is 5.34. The summed E-state index contributed by atoms with van der Waals surface area (Å²) in [4.78, 5) is 14.0. The van der Waals surface area contributed by atoms with Gasteiger partial charge < -0.3 is 15.0 Å². The molecule has 1 atom stereocenters. The molecule has 0 aromatic heterocycles. The summed E-state index contributed by atoms with van der Waals surface area (Å²) < 4.78 is 5.48. The van der Waals surface area contributed by atoms with Gasteiger partial charge in [0.15, 0.2) is 0 Å². The number of nitrogens with one attached hydrogen (secondary N) is 1. The van der Waals surface area contributed by atoms with E-state index in [9.17, 15) is 4.79 Å². The summed E-state index contributed by atoms with van der Waals surface area (Å²) in [6.07, 6.45) is 5.85. The second-order valence-corrected chi connectivity index (χ2v) is 9.76. The zero-order chi connectivity index (χ0) is 17.3. The molecule has 1 aliphatic carbocycles. The van der Waals surface area contributed by atoms with Gasteiger partial charge in [0.25, 0.3) is 0 Å². The quantitative estimate of drug-likeness (QED) is 0.846. The Labute approximate surface area is 142 Å². The molecule has 4 heteroatoms. The maximum Gasteiger partial charge on any atom is 0.410 e.